The van der Waals surface area contributed by atoms with Gasteiger partial charge in [-0.25, -0.2) is 8.42 Å². The third kappa shape index (κ3) is 4.99. The molecule has 0 heterocycles. The number of sulfonamides is 1. The number of halogens is 1. The van der Waals surface area contributed by atoms with Gasteiger partial charge in [0.25, 0.3) is 10.0 Å². The number of nitrogens with one attached hydrogen (secondary N) is 1. The Morgan fingerprint density at radius 2 is 1.22 bits per heavy atom. The maximum atomic E-state index is 12.9. The molecule has 0 bridgehead atoms. The summed E-state index contributed by atoms with van der Waals surface area (Å²) in [5, 5.41) is 0. The van der Waals surface area contributed by atoms with E-state index in [1.807, 2.05) is 41.5 Å². The first-order chi connectivity index (χ1) is 10.3. The lowest BCUT2D eigenvalue weighted by molar-refractivity contribution is 0.541. The van der Waals surface area contributed by atoms with Gasteiger partial charge in [0.1, 0.15) is 0 Å². The van der Waals surface area contributed by atoms with Crippen LogP contribution in [0.5, 0.6) is 0 Å². The Morgan fingerprint density at radius 3 is 1.48 bits per heavy atom. The summed E-state index contributed by atoms with van der Waals surface area (Å²) in [7, 11) is -9.90. The summed E-state index contributed by atoms with van der Waals surface area (Å²) in [6, 6.07) is 3.50. The van der Waals surface area contributed by atoms with Gasteiger partial charge in [-0.3, -0.25) is 0 Å². The Hall–Kier alpha value is -0.990. The van der Waals surface area contributed by atoms with E-state index in [1.165, 1.54) is 0 Å². The molecule has 0 unspecified atom stereocenters. The van der Waals surface area contributed by atoms with Crippen LogP contribution < -0.4 is 4.13 Å². The van der Waals surface area contributed by atoms with Gasteiger partial charge in [0.2, 0.25) is 0 Å². The first-order valence-electron chi connectivity index (χ1n) is 7.42. The second-order valence-corrected chi connectivity index (χ2v) is 9.47. The van der Waals surface area contributed by atoms with Gasteiger partial charge in [-0.2, -0.15) is 8.42 Å². The maximum absolute atomic E-state index is 12.9. The molecule has 1 aromatic carbocycles. The quantitative estimate of drug-likeness (QED) is 0.782. The maximum Gasteiger partial charge on any atom is 0.385 e. The zero-order valence-corrected chi connectivity index (χ0v) is 15.8. The Labute approximate surface area is 138 Å². The fourth-order valence-corrected chi connectivity index (χ4v) is 4.96. The van der Waals surface area contributed by atoms with Crippen LogP contribution in [-0.4, -0.2) is 16.8 Å². The first kappa shape index (κ1) is 20.1. The van der Waals surface area contributed by atoms with Crippen molar-refractivity contribution in [3.8, 4) is 0 Å². The van der Waals surface area contributed by atoms with E-state index >= 15 is 0 Å². The van der Waals surface area contributed by atoms with Gasteiger partial charge in [-0.05, 0) is 34.4 Å². The lowest BCUT2D eigenvalue weighted by Crippen LogP contribution is -2.29. The molecule has 1 aromatic rings. The predicted molar refractivity (Wildman–Crippen MR) is 89.1 cm³/mol. The molecule has 132 valence electrons. The standard InChI is InChI=1S/C15H24FNO4S2/c1-9(2)12-7-13(10(3)4)15(14(8-12)11(5)6)22(18,19)17-23(16,20)21/h7-11,17H,1-6H3. The SMILES string of the molecule is CC(C)c1cc(C(C)C)c(S(=O)(=O)NS(=O)(=O)F)c(C(C)C)c1. The Bertz CT molecular complexity index is 753. The molecule has 0 aliphatic heterocycles. The molecule has 0 aliphatic rings. The minimum Gasteiger partial charge on any atom is -0.206 e. The summed E-state index contributed by atoms with van der Waals surface area (Å²) in [4.78, 5) is -0.145. The van der Waals surface area contributed by atoms with Gasteiger partial charge in [-0.1, -0.05) is 61.7 Å². The van der Waals surface area contributed by atoms with Crippen LogP contribution in [0.1, 0.15) is 76.0 Å². The average molecular weight is 365 g/mol. The summed E-state index contributed by atoms with van der Waals surface area (Å²) in [6.07, 6.45) is 0. The van der Waals surface area contributed by atoms with E-state index in [1.54, 1.807) is 12.1 Å². The summed E-state index contributed by atoms with van der Waals surface area (Å²) in [6.45, 7) is 11.2. The molecule has 0 spiro atoms. The van der Waals surface area contributed by atoms with Crippen molar-refractivity contribution in [1.82, 2.24) is 4.13 Å². The van der Waals surface area contributed by atoms with Gasteiger partial charge in [0, 0.05) is 0 Å². The summed E-state index contributed by atoms with van der Waals surface area (Å²) in [5.41, 5.74) is 1.92. The van der Waals surface area contributed by atoms with Crippen LogP contribution in [0.4, 0.5) is 3.89 Å². The van der Waals surface area contributed by atoms with Crippen LogP contribution >= 0.6 is 0 Å². The number of hydrogen-bond donors (Lipinski definition) is 1. The highest BCUT2D eigenvalue weighted by Gasteiger charge is 2.30. The van der Waals surface area contributed by atoms with Crippen LogP contribution in [0.25, 0.3) is 0 Å². The smallest absolute Gasteiger partial charge is 0.206 e. The number of rotatable bonds is 6. The van der Waals surface area contributed by atoms with Crippen molar-refractivity contribution >= 4 is 20.4 Å². The van der Waals surface area contributed by atoms with Crippen LogP contribution in [0.2, 0.25) is 0 Å². The monoisotopic (exact) mass is 365 g/mol. The van der Waals surface area contributed by atoms with E-state index in [9.17, 15) is 20.7 Å². The molecule has 0 amide bonds. The van der Waals surface area contributed by atoms with Crippen molar-refractivity contribution in [3.63, 3.8) is 0 Å². The second kappa shape index (κ2) is 6.86. The van der Waals surface area contributed by atoms with Crippen molar-refractivity contribution < 1.29 is 20.7 Å². The van der Waals surface area contributed by atoms with Crippen molar-refractivity contribution in [1.29, 1.82) is 0 Å². The molecule has 0 aromatic heterocycles. The van der Waals surface area contributed by atoms with E-state index in [0.717, 1.165) is 9.69 Å². The van der Waals surface area contributed by atoms with Crippen molar-refractivity contribution in [3.05, 3.63) is 28.8 Å². The zero-order chi connectivity index (χ0) is 18.2. The molecule has 0 fully saturated rings. The normalized spacial score (nSPS) is 13.3. The van der Waals surface area contributed by atoms with E-state index in [4.69, 9.17) is 0 Å². The molecule has 0 atom stereocenters. The summed E-state index contributed by atoms with van der Waals surface area (Å²) >= 11 is 0. The molecule has 23 heavy (non-hydrogen) atoms. The minimum absolute atomic E-state index is 0.145. The molecule has 0 radical (unpaired) electrons. The second-order valence-electron chi connectivity index (χ2n) is 6.52. The van der Waals surface area contributed by atoms with Gasteiger partial charge < -0.3 is 0 Å². The highest BCUT2D eigenvalue weighted by Crippen LogP contribution is 2.35. The molecular formula is C15H24FNO4S2. The summed E-state index contributed by atoms with van der Waals surface area (Å²) < 4.78 is 60.6. The third-order valence-electron chi connectivity index (χ3n) is 3.56. The van der Waals surface area contributed by atoms with E-state index < -0.39 is 20.4 Å². The highest BCUT2D eigenvalue weighted by atomic mass is 32.3. The number of benzene rings is 1. The third-order valence-corrected chi connectivity index (χ3v) is 6.24. The average Bonchev–Trinajstić information content (AvgIpc) is 2.33. The van der Waals surface area contributed by atoms with Crippen molar-refractivity contribution in [2.75, 3.05) is 0 Å². The topological polar surface area (TPSA) is 80.3 Å². The molecule has 0 saturated heterocycles. The fourth-order valence-electron chi connectivity index (χ4n) is 2.37. The first-order valence-corrected chi connectivity index (χ1v) is 10.3. The Balaban J connectivity index is 3.82. The van der Waals surface area contributed by atoms with Crippen LogP contribution in [0, 0.1) is 0 Å². The van der Waals surface area contributed by atoms with Gasteiger partial charge in [-0.15, -0.1) is 0 Å². The van der Waals surface area contributed by atoms with Gasteiger partial charge >= 0.3 is 10.4 Å². The summed E-state index contributed by atoms with van der Waals surface area (Å²) in [5.74, 6) is -0.153. The van der Waals surface area contributed by atoms with Crippen LogP contribution in [0.3, 0.4) is 0 Å². The highest BCUT2D eigenvalue weighted by molar-refractivity contribution is 8.02. The Kier molecular flexibility index (Phi) is 5.98. The Morgan fingerprint density at radius 1 is 0.826 bits per heavy atom. The van der Waals surface area contributed by atoms with Crippen molar-refractivity contribution in [2.45, 2.75) is 64.2 Å². The lowest BCUT2D eigenvalue weighted by atomic mass is 9.89. The van der Waals surface area contributed by atoms with E-state index in [-0.39, 0.29) is 22.6 Å². The molecular weight excluding hydrogens is 341 g/mol. The zero-order valence-electron chi connectivity index (χ0n) is 14.2. The molecule has 0 saturated carbocycles. The number of hydrogen-bond acceptors (Lipinski definition) is 4. The van der Waals surface area contributed by atoms with Gasteiger partial charge in [0.15, 0.2) is 0 Å². The van der Waals surface area contributed by atoms with Crippen LogP contribution in [0.15, 0.2) is 17.0 Å². The molecule has 0 aliphatic carbocycles. The molecule has 8 heteroatoms. The lowest BCUT2D eigenvalue weighted by Gasteiger charge is -2.22. The molecule has 5 nitrogen and oxygen atoms in total. The fraction of sp³-hybridized carbons (Fsp3) is 0.600. The minimum atomic E-state index is -5.38. The van der Waals surface area contributed by atoms with Crippen LogP contribution in [-0.2, 0) is 20.4 Å². The van der Waals surface area contributed by atoms with E-state index in [0.29, 0.717) is 11.1 Å². The van der Waals surface area contributed by atoms with Gasteiger partial charge in [0.05, 0.1) is 4.90 Å². The molecule has 1 rings (SSSR count). The molecule has 1 N–H and O–H groups in total. The largest absolute Gasteiger partial charge is 0.385 e. The predicted octanol–water partition coefficient (Wildman–Crippen LogP) is 3.55. The van der Waals surface area contributed by atoms with E-state index in [2.05, 4.69) is 0 Å². The van der Waals surface area contributed by atoms with Crippen molar-refractivity contribution in [2.24, 2.45) is 0 Å².